The third-order valence-electron chi connectivity index (χ3n) is 5.45. The highest BCUT2D eigenvalue weighted by Crippen LogP contribution is 2.31. The summed E-state index contributed by atoms with van der Waals surface area (Å²) < 4.78 is 22.6. The number of benzene rings is 2. The topological polar surface area (TPSA) is 91.0 Å². The number of methoxy groups -OCH3 is 1. The number of nitrogens with zero attached hydrogens (tertiary/aromatic N) is 1. The van der Waals surface area contributed by atoms with Gasteiger partial charge in [-0.25, -0.2) is 9.78 Å². The first-order valence-electron chi connectivity index (χ1n) is 11.1. The molecule has 0 bridgehead atoms. The molecule has 0 amide bonds. The smallest absolute Gasteiger partial charge is 0.348 e. The fraction of sp³-hybridized carbons (Fsp3) is 0.259. The van der Waals surface area contributed by atoms with Crippen molar-refractivity contribution in [3.8, 4) is 28.0 Å². The average Bonchev–Trinajstić information content (AvgIpc) is 3.49. The van der Waals surface area contributed by atoms with Crippen molar-refractivity contribution >= 4 is 17.3 Å². The van der Waals surface area contributed by atoms with Crippen LogP contribution in [0, 0.1) is 6.92 Å². The van der Waals surface area contributed by atoms with Crippen molar-refractivity contribution < 1.29 is 28.5 Å². The second kappa shape index (κ2) is 10.7. The van der Waals surface area contributed by atoms with Gasteiger partial charge in [0.1, 0.15) is 12.0 Å². The van der Waals surface area contributed by atoms with E-state index in [-0.39, 0.29) is 6.42 Å². The van der Waals surface area contributed by atoms with Gasteiger partial charge < -0.3 is 23.7 Å². The molecule has 182 valence electrons. The lowest BCUT2D eigenvalue weighted by Gasteiger charge is -2.27. The molecule has 0 spiro atoms. The second-order valence-corrected chi connectivity index (χ2v) is 9.55. The van der Waals surface area contributed by atoms with Gasteiger partial charge in [-0.2, -0.15) is 0 Å². The van der Waals surface area contributed by atoms with Gasteiger partial charge >= 0.3 is 5.97 Å². The van der Waals surface area contributed by atoms with Crippen LogP contribution in [-0.4, -0.2) is 35.4 Å². The first kappa shape index (κ1) is 24.3. The van der Waals surface area contributed by atoms with Gasteiger partial charge in [-0.3, -0.25) is 0 Å². The molecule has 0 fully saturated rings. The van der Waals surface area contributed by atoms with Gasteiger partial charge in [-0.05, 0) is 55.8 Å². The molecule has 1 atom stereocenters. The number of oxazole rings is 1. The molecule has 0 aliphatic carbocycles. The van der Waals surface area contributed by atoms with Crippen molar-refractivity contribution in [2.45, 2.75) is 32.3 Å². The summed E-state index contributed by atoms with van der Waals surface area (Å²) in [6, 6.07) is 18.4. The Balaban J connectivity index is 1.34. The van der Waals surface area contributed by atoms with Crippen LogP contribution in [0.1, 0.15) is 23.1 Å². The van der Waals surface area contributed by atoms with Crippen molar-refractivity contribution in [3.63, 3.8) is 0 Å². The molecular formula is C27H27NO6S. The lowest BCUT2D eigenvalue weighted by Crippen LogP contribution is -2.43. The number of rotatable bonds is 11. The van der Waals surface area contributed by atoms with Crippen LogP contribution in [0.5, 0.6) is 17.2 Å². The maximum Gasteiger partial charge on any atom is 0.348 e. The Morgan fingerprint density at radius 2 is 1.83 bits per heavy atom. The van der Waals surface area contributed by atoms with Crippen LogP contribution in [0.15, 0.2) is 71.3 Å². The average molecular weight is 494 g/mol. The number of para-hydroxylation sites is 2. The highest BCUT2D eigenvalue weighted by molar-refractivity contribution is 7.15. The van der Waals surface area contributed by atoms with Gasteiger partial charge in [-0.15, -0.1) is 11.3 Å². The van der Waals surface area contributed by atoms with Gasteiger partial charge in [0.2, 0.25) is 11.5 Å². The summed E-state index contributed by atoms with van der Waals surface area (Å²) in [7, 11) is 1.52. The van der Waals surface area contributed by atoms with E-state index in [1.165, 1.54) is 12.0 Å². The van der Waals surface area contributed by atoms with Crippen LogP contribution >= 0.6 is 11.3 Å². The molecule has 7 nitrogen and oxygen atoms in total. The second-order valence-electron chi connectivity index (χ2n) is 8.26. The molecule has 2 heterocycles. The molecule has 0 aliphatic heterocycles. The van der Waals surface area contributed by atoms with Crippen LogP contribution < -0.4 is 14.2 Å². The fourth-order valence-corrected chi connectivity index (χ4v) is 4.35. The molecule has 1 N–H and O–H groups in total. The van der Waals surface area contributed by atoms with Crippen molar-refractivity contribution in [2.75, 3.05) is 13.7 Å². The van der Waals surface area contributed by atoms with E-state index in [1.54, 1.807) is 48.8 Å². The Labute approximate surface area is 207 Å². The molecule has 0 saturated heterocycles. The number of aromatic nitrogens is 1. The van der Waals surface area contributed by atoms with Gasteiger partial charge in [0.25, 0.3) is 0 Å². The standard InChI is InChI=1S/C27H27NO6S/c1-18-8-13-24(35-18)25-28-20(17-33-25)14-15-32-21-11-9-19(10-12-21)16-27(2,26(29)30)34-23-7-5-4-6-22(23)31-3/h4-13,17H,14-16H2,1-3H3,(H,29,30). The Bertz CT molecular complexity index is 1280. The molecule has 4 aromatic rings. The number of carboxylic acids is 1. The number of aryl methyl sites for hydroxylation is 1. The summed E-state index contributed by atoms with van der Waals surface area (Å²) in [5.41, 5.74) is 0.167. The summed E-state index contributed by atoms with van der Waals surface area (Å²) in [5, 5.41) is 9.87. The van der Waals surface area contributed by atoms with E-state index in [1.807, 2.05) is 43.3 Å². The molecule has 0 saturated carbocycles. The molecule has 0 radical (unpaired) electrons. The van der Waals surface area contributed by atoms with Crippen LogP contribution in [-0.2, 0) is 17.6 Å². The van der Waals surface area contributed by atoms with Gasteiger partial charge in [0.15, 0.2) is 11.5 Å². The van der Waals surface area contributed by atoms with Crippen molar-refractivity contribution in [3.05, 3.63) is 83.1 Å². The lowest BCUT2D eigenvalue weighted by molar-refractivity contribution is -0.153. The number of thiophene rings is 1. The van der Waals surface area contributed by atoms with Gasteiger partial charge in [0, 0.05) is 17.7 Å². The molecule has 4 rings (SSSR count). The lowest BCUT2D eigenvalue weighted by atomic mass is 9.96. The zero-order chi connectivity index (χ0) is 24.8. The minimum atomic E-state index is -1.47. The first-order chi connectivity index (χ1) is 16.9. The SMILES string of the molecule is COc1ccccc1OC(C)(Cc1ccc(OCCc2coc(-c3ccc(C)s3)n2)cc1)C(=O)O. The molecule has 2 aromatic heterocycles. The van der Waals surface area contributed by atoms with Crippen molar-refractivity contribution in [1.82, 2.24) is 4.98 Å². The van der Waals surface area contributed by atoms with E-state index in [2.05, 4.69) is 4.98 Å². The van der Waals surface area contributed by atoms with Crippen LogP contribution in [0.4, 0.5) is 0 Å². The number of carbonyl (C=O) groups is 1. The number of aliphatic carboxylic acids is 1. The molecule has 0 aliphatic rings. The highest BCUT2D eigenvalue weighted by Gasteiger charge is 2.36. The molecule has 8 heteroatoms. The Kier molecular flexibility index (Phi) is 7.41. The number of hydrogen-bond acceptors (Lipinski definition) is 7. The van der Waals surface area contributed by atoms with Gasteiger partial charge in [-0.1, -0.05) is 24.3 Å². The summed E-state index contributed by atoms with van der Waals surface area (Å²) in [6.07, 6.45) is 2.44. The van der Waals surface area contributed by atoms with E-state index in [0.717, 1.165) is 16.1 Å². The summed E-state index contributed by atoms with van der Waals surface area (Å²) >= 11 is 1.64. The molecular weight excluding hydrogens is 466 g/mol. The van der Waals surface area contributed by atoms with E-state index in [4.69, 9.17) is 18.6 Å². The monoisotopic (exact) mass is 493 g/mol. The van der Waals surface area contributed by atoms with Crippen LogP contribution in [0.3, 0.4) is 0 Å². The maximum absolute atomic E-state index is 12.1. The number of carboxylic acid groups (broad SMARTS) is 1. The Morgan fingerprint density at radius 1 is 1.09 bits per heavy atom. The largest absolute Gasteiger partial charge is 0.493 e. The highest BCUT2D eigenvalue weighted by atomic mass is 32.1. The molecule has 1 unspecified atom stereocenters. The van der Waals surface area contributed by atoms with Crippen LogP contribution in [0.25, 0.3) is 10.8 Å². The van der Waals surface area contributed by atoms with E-state index in [0.29, 0.717) is 36.2 Å². The molecule has 2 aromatic carbocycles. The Morgan fingerprint density at radius 3 is 2.49 bits per heavy atom. The predicted molar refractivity (Wildman–Crippen MR) is 134 cm³/mol. The third kappa shape index (κ3) is 6.02. The van der Waals surface area contributed by atoms with Crippen molar-refractivity contribution in [2.24, 2.45) is 0 Å². The molecule has 35 heavy (non-hydrogen) atoms. The van der Waals surface area contributed by atoms with E-state index >= 15 is 0 Å². The zero-order valence-electron chi connectivity index (χ0n) is 19.8. The quantitative estimate of drug-likeness (QED) is 0.282. The minimum absolute atomic E-state index is 0.171. The third-order valence-corrected chi connectivity index (χ3v) is 6.44. The predicted octanol–water partition coefficient (Wildman–Crippen LogP) is 5.81. The Hall–Kier alpha value is -3.78. The number of hydrogen-bond donors (Lipinski definition) is 1. The first-order valence-corrected chi connectivity index (χ1v) is 12.0. The summed E-state index contributed by atoms with van der Waals surface area (Å²) in [5.74, 6) is 1.11. The van der Waals surface area contributed by atoms with Crippen LogP contribution in [0.2, 0.25) is 0 Å². The van der Waals surface area contributed by atoms with Crippen molar-refractivity contribution in [1.29, 1.82) is 0 Å². The minimum Gasteiger partial charge on any atom is -0.493 e. The fourth-order valence-electron chi connectivity index (χ4n) is 3.55. The normalized spacial score (nSPS) is 12.7. The number of ether oxygens (including phenoxy) is 3. The van der Waals surface area contributed by atoms with E-state index < -0.39 is 11.6 Å². The van der Waals surface area contributed by atoms with E-state index in [9.17, 15) is 9.90 Å². The summed E-state index contributed by atoms with van der Waals surface area (Å²) in [6.45, 7) is 4.04. The summed E-state index contributed by atoms with van der Waals surface area (Å²) in [4.78, 5) is 18.8. The zero-order valence-corrected chi connectivity index (χ0v) is 20.6. The maximum atomic E-state index is 12.1. The van der Waals surface area contributed by atoms with Gasteiger partial charge in [0.05, 0.1) is 24.3 Å².